The minimum Gasteiger partial charge on any atom is -0.480 e. The van der Waals surface area contributed by atoms with Crippen LogP contribution in [0.1, 0.15) is 44.4 Å². The topological polar surface area (TPSA) is 88.2 Å². The zero-order valence-electron chi connectivity index (χ0n) is 12.2. The first-order valence-electron chi connectivity index (χ1n) is 7.54. The fourth-order valence-electron chi connectivity index (χ4n) is 3.22. The summed E-state index contributed by atoms with van der Waals surface area (Å²) in [5.41, 5.74) is -0.716. The van der Waals surface area contributed by atoms with Gasteiger partial charge in [0.15, 0.2) is 0 Å². The molecule has 7 heteroatoms. The average Bonchev–Trinajstić information content (AvgIpc) is 3.00. The highest BCUT2D eigenvalue weighted by atomic mass is 32.2. The molecule has 2 fully saturated rings. The summed E-state index contributed by atoms with van der Waals surface area (Å²) in [6.07, 6.45) is 5.79. The molecule has 2 saturated carbocycles. The van der Waals surface area contributed by atoms with Crippen molar-refractivity contribution < 1.29 is 14.3 Å². The van der Waals surface area contributed by atoms with E-state index in [0.29, 0.717) is 17.2 Å². The molecule has 0 aromatic carbocycles. The minimum atomic E-state index is -0.716. The maximum atomic E-state index is 11.8. The number of aliphatic carboxylic acids is 1. The van der Waals surface area contributed by atoms with Gasteiger partial charge in [0.25, 0.3) is 5.22 Å². The van der Waals surface area contributed by atoms with E-state index in [0.717, 1.165) is 44.3 Å². The average molecular weight is 311 g/mol. The lowest BCUT2D eigenvalue weighted by Crippen LogP contribution is -2.55. The molecule has 0 aliphatic heterocycles. The predicted molar refractivity (Wildman–Crippen MR) is 78.2 cm³/mol. The summed E-state index contributed by atoms with van der Waals surface area (Å²) in [4.78, 5) is 11.8. The Balaban J connectivity index is 1.58. The van der Waals surface area contributed by atoms with E-state index in [9.17, 15) is 9.90 Å². The Bertz CT molecular complexity index is 517. The maximum Gasteiger partial charge on any atom is 0.324 e. The summed E-state index contributed by atoms with van der Waals surface area (Å²) < 4.78 is 5.33. The second-order valence-corrected chi connectivity index (χ2v) is 7.05. The third kappa shape index (κ3) is 3.23. The second-order valence-electron chi connectivity index (χ2n) is 6.01. The van der Waals surface area contributed by atoms with Gasteiger partial charge in [-0.3, -0.25) is 10.1 Å². The van der Waals surface area contributed by atoms with Gasteiger partial charge in [0, 0.05) is 18.7 Å². The van der Waals surface area contributed by atoms with Crippen LogP contribution >= 0.6 is 11.8 Å². The van der Waals surface area contributed by atoms with E-state index in [1.54, 1.807) is 6.92 Å². The molecular formula is C14H21N3O3S. The zero-order valence-corrected chi connectivity index (χ0v) is 13.0. The molecule has 1 aromatic rings. The Morgan fingerprint density at radius 1 is 1.48 bits per heavy atom. The number of hydrogen-bond donors (Lipinski definition) is 2. The molecule has 2 N–H and O–H groups in total. The summed E-state index contributed by atoms with van der Waals surface area (Å²) >= 11 is 1.51. The van der Waals surface area contributed by atoms with E-state index >= 15 is 0 Å². The van der Waals surface area contributed by atoms with Gasteiger partial charge in [-0.25, -0.2) is 0 Å². The van der Waals surface area contributed by atoms with Crippen molar-refractivity contribution in [1.82, 2.24) is 15.5 Å². The van der Waals surface area contributed by atoms with Crippen LogP contribution in [0.15, 0.2) is 9.64 Å². The van der Waals surface area contributed by atoms with Gasteiger partial charge in [-0.2, -0.15) is 0 Å². The van der Waals surface area contributed by atoms with Gasteiger partial charge in [0.05, 0.1) is 0 Å². The predicted octanol–water partition coefficient (Wildman–Crippen LogP) is 2.24. The molecule has 21 heavy (non-hydrogen) atoms. The van der Waals surface area contributed by atoms with Gasteiger partial charge >= 0.3 is 5.97 Å². The summed E-state index contributed by atoms with van der Waals surface area (Å²) in [6.45, 7) is 1.77. The summed E-state index contributed by atoms with van der Waals surface area (Å²) in [7, 11) is 0. The van der Waals surface area contributed by atoms with Crippen LogP contribution in [0.2, 0.25) is 0 Å². The molecule has 0 amide bonds. The first kappa shape index (κ1) is 14.8. The molecule has 116 valence electrons. The number of hydrogen-bond acceptors (Lipinski definition) is 6. The molecule has 2 unspecified atom stereocenters. The molecule has 2 aliphatic rings. The van der Waals surface area contributed by atoms with E-state index in [-0.39, 0.29) is 5.92 Å². The fraction of sp³-hybridized carbons (Fsp3) is 0.786. The van der Waals surface area contributed by atoms with Crippen LogP contribution in [-0.2, 0) is 4.79 Å². The van der Waals surface area contributed by atoms with Crippen LogP contribution in [-0.4, -0.2) is 38.6 Å². The number of carboxylic acid groups (broad SMARTS) is 1. The Morgan fingerprint density at radius 2 is 2.29 bits per heavy atom. The van der Waals surface area contributed by atoms with Crippen LogP contribution in [0.3, 0.4) is 0 Å². The van der Waals surface area contributed by atoms with Crippen molar-refractivity contribution in [1.29, 1.82) is 0 Å². The monoisotopic (exact) mass is 311 g/mol. The highest BCUT2D eigenvalue weighted by Gasteiger charge is 2.50. The highest BCUT2D eigenvalue weighted by Crippen LogP contribution is 2.41. The maximum absolute atomic E-state index is 11.8. The highest BCUT2D eigenvalue weighted by molar-refractivity contribution is 7.99. The zero-order chi connectivity index (χ0) is 14.9. The number of nitrogens with zero attached hydrogens (tertiary/aromatic N) is 2. The normalized spacial score (nSPS) is 28.9. The molecule has 2 atom stereocenters. The van der Waals surface area contributed by atoms with Crippen molar-refractivity contribution in [2.45, 2.75) is 62.3 Å². The van der Waals surface area contributed by atoms with E-state index in [1.165, 1.54) is 11.8 Å². The molecule has 1 aromatic heterocycles. The number of carboxylic acids is 1. The molecule has 0 spiro atoms. The third-order valence-corrected chi connectivity index (χ3v) is 5.29. The Labute approximate surface area is 128 Å². The van der Waals surface area contributed by atoms with Crippen LogP contribution < -0.4 is 5.32 Å². The van der Waals surface area contributed by atoms with Gasteiger partial charge in [-0.15, -0.1) is 10.2 Å². The van der Waals surface area contributed by atoms with Crippen molar-refractivity contribution in [3.8, 4) is 0 Å². The molecule has 6 nitrogen and oxygen atoms in total. The smallest absolute Gasteiger partial charge is 0.324 e. The summed E-state index contributed by atoms with van der Waals surface area (Å²) in [6, 6.07) is 0.410. The van der Waals surface area contributed by atoms with Crippen molar-refractivity contribution in [3.05, 3.63) is 5.89 Å². The SMILES string of the molecule is Cc1nnc(SCCC2CCCC2(NC2CC2)C(=O)O)o1. The van der Waals surface area contributed by atoms with Crippen LogP contribution in [0, 0.1) is 12.8 Å². The number of thioether (sulfide) groups is 1. The van der Waals surface area contributed by atoms with E-state index in [1.807, 2.05) is 0 Å². The van der Waals surface area contributed by atoms with Gasteiger partial charge in [-0.1, -0.05) is 18.2 Å². The lowest BCUT2D eigenvalue weighted by molar-refractivity contribution is -0.146. The molecule has 1 heterocycles. The van der Waals surface area contributed by atoms with Gasteiger partial charge in [0.2, 0.25) is 5.89 Å². The third-order valence-electron chi connectivity index (χ3n) is 4.44. The minimum absolute atomic E-state index is 0.187. The fourth-order valence-corrected chi connectivity index (χ4v) is 4.07. The quantitative estimate of drug-likeness (QED) is 0.746. The van der Waals surface area contributed by atoms with Crippen molar-refractivity contribution in [2.24, 2.45) is 5.92 Å². The van der Waals surface area contributed by atoms with Crippen LogP contribution in [0.25, 0.3) is 0 Å². The number of aromatic nitrogens is 2. The molecular weight excluding hydrogens is 290 g/mol. The Kier molecular flexibility index (Phi) is 4.21. The van der Waals surface area contributed by atoms with Gasteiger partial charge < -0.3 is 9.52 Å². The van der Waals surface area contributed by atoms with E-state index in [4.69, 9.17) is 4.42 Å². The van der Waals surface area contributed by atoms with Crippen molar-refractivity contribution in [3.63, 3.8) is 0 Å². The Hall–Kier alpha value is -1.08. The molecule has 0 radical (unpaired) electrons. The molecule has 0 bridgehead atoms. The van der Waals surface area contributed by atoms with E-state index < -0.39 is 11.5 Å². The van der Waals surface area contributed by atoms with Gasteiger partial charge in [0.1, 0.15) is 5.54 Å². The second kappa shape index (κ2) is 5.96. The standard InChI is InChI=1S/C14H21N3O3S/c1-9-16-17-13(20-9)21-8-6-10-3-2-7-14(10,12(18)19)15-11-4-5-11/h10-11,15H,2-8H2,1H3,(H,18,19). The number of carbonyl (C=O) groups is 1. The Morgan fingerprint density at radius 3 is 2.90 bits per heavy atom. The summed E-state index contributed by atoms with van der Waals surface area (Å²) in [5, 5.41) is 21.5. The van der Waals surface area contributed by atoms with Crippen LogP contribution in [0.5, 0.6) is 0 Å². The lowest BCUT2D eigenvalue weighted by Gasteiger charge is -2.32. The first-order chi connectivity index (χ1) is 10.1. The van der Waals surface area contributed by atoms with Crippen molar-refractivity contribution >= 4 is 17.7 Å². The summed E-state index contributed by atoms with van der Waals surface area (Å²) in [5.74, 6) is 0.879. The van der Waals surface area contributed by atoms with Crippen molar-refractivity contribution in [2.75, 3.05) is 5.75 Å². The number of rotatable bonds is 7. The van der Waals surface area contributed by atoms with Crippen LogP contribution in [0.4, 0.5) is 0 Å². The van der Waals surface area contributed by atoms with Gasteiger partial charge in [-0.05, 0) is 38.0 Å². The number of nitrogens with one attached hydrogen (secondary N) is 1. The molecule has 3 rings (SSSR count). The van der Waals surface area contributed by atoms with E-state index in [2.05, 4.69) is 15.5 Å². The number of aryl methyl sites for hydroxylation is 1. The molecule has 0 saturated heterocycles. The largest absolute Gasteiger partial charge is 0.480 e. The molecule has 2 aliphatic carbocycles. The first-order valence-corrected chi connectivity index (χ1v) is 8.53. The lowest BCUT2D eigenvalue weighted by atomic mass is 9.85.